The fourth-order valence-electron chi connectivity index (χ4n) is 3.00. The lowest BCUT2D eigenvalue weighted by atomic mass is 9.88. The summed E-state index contributed by atoms with van der Waals surface area (Å²) in [5.74, 6) is 1.70. The molecule has 0 aromatic rings. The summed E-state index contributed by atoms with van der Waals surface area (Å²) in [4.78, 5) is 0. The number of rotatable bonds is 4. The summed E-state index contributed by atoms with van der Waals surface area (Å²) in [5.41, 5.74) is -0.780. The zero-order valence-corrected chi connectivity index (χ0v) is 14.3. The second kappa shape index (κ2) is 6.78. The summed E-state index contributed by atoms with van der Waals surface area (Å²) in [5, 5.41) is 10.4. The molecule has 2 rings (SSSR count). The van der Waals surface area contributed by atoms with Gasteiger partial charge >= 0.3 is 0 Å². The van der Waals surface area contributed by atoms with Gasteiger partial charge in [0.15, 0.2) is 0 Å². The molecule has 0 radical (unpaired) electrons. The maximum absolute atomic E-state index is 13.1. The van der Waals surface area contributed by atoms with Crippen LogP contribution >= 0.6 is 7.52 Å². The van der Waals surface area contributed by atoms with Gasteiger partial charge in [-0.05, 0) is 52.9 Å². The third-order valence-corrected chi connectivity index (χ3v) is 6.85. The highest BCUT2D eigenvalue weighted by Gasteiger charge is 2.37. The molecule has 0 saturated carbocycles. The monoisotopic (exact) mass is 313 g/mol. The van der Waals surface area contributed by atoms with Gasteiger partial charge in [-0.3, -0.25) is 4.57 Å². The minimum atomic E-state index is -2.92. The van der Waals surface area contributed by atoms with Crippen molar-refractivity contribution < 1.29 is 14.2 Å². The van der Waals surface area contributed by atoms with Crippen molar-refractivity contribution in [1.29, 1.82) is 0 Å². The molecule has 0 amide bonds. The summed E-state index contributed by atoms with van der Waals surface area (Å²) >= 11 is 0. The molecule has 1 fully saturated rings. The maximum atomic E-state index is 13.1. The van der Waals surface area contributed by atoms with Gasteiger partial charge in [0, 0.05) is 18.4 Å². The number of hydrogen-bond donors (Lipinski definition) is 1. The topological polar surface area (TPSA) is 49.8 Å². The van der Waals surface area contributed by atoms with Crippen LogP contribution in [0.1, 0.15) is 52.9 Å². The quantitative estimate of drug-likeness (QED) is 0.628. The Bertz CT molecular complexity index is 460. The summed E-state index contributed by atoms with van der Waals surface area (Å²) in [6.45, 7) is 6.84. The van der Waals surface area contributed by atoms with Crippen LogP contribution in [0.3, 0.4) is 0 Å². The molecule has 1 aliphatic carbocycles. The van der Waals surface area contributed by atoms with Crippen molar-refractivity contribution in [2.45, 2.75) is 70.6 Å². The molecule has 21 heavy (non-hydrogen) atoms. The number of allylic oxidation sites excluding steroid dienone is 1. The molecule has 0 aromatic carbocycles. The summed E-state index contributed by atoms with van der Waals surface area (Å²) < 4.78 is 20.8. The summed E-state index contributed by atoms with van der Waals surface area (Å²) in [7, 11) is -2.92. The van der Waals surface area contributed by atoms with Crippen molar-refractivity contribution in [2.24, 2.45) is 0 Å². The van der Waals surface area contributed by atoms with E-state index < -0.39 is 13.1 Å². The lowest BCUT2D eigenvalue weighted by Gasteiger charge is -2.39. The Morgan fingerprint density at radius 2 is 2.33 bits per heavy atom. The molecular formula is C16H28NO3P. The molecule has 0 spiro atoms. The van der Waals surface area contributed by atoms with E-state index in [0.29, 0.717) is 6.42 Å². The molecule has 0 bridgehead atoms. The first-order valence-corrected chi connectivity index (χ1v) is 9.62. The van der Waals surface area contributed by atoms with Crippen molar-refractivity contribution in [3.8, 4) is 0 Å². The first-order chi connectivity index (χ1) is 9.85. The average Bonchev–Trinajstić information content (AvgIpc) is 2.38. The van der Waals surface area contributed by atoms with Crippen LogP contribution in [-0.2, 0) is 9.09 Å². The highest BCUT2D eigenvalue weighted by atomic mass is 31.2. The predicted octanol–water partition coefficient (Wildman–Crippen LogP) is 4.07. The van der Waals surface area contributed by atoms with Crippen LogP contribution in [0.25, 0.3) is 0 Å². The molecule has 3 atom stereocenters. The van der Waals surface area contributed by atoms with Crippen molar-refractivity contribution in [3.63, 3.8) is 0 Å². The molecule has 1 N–H and O–H groups in total. The van der Waals surface area contributed by atoms with E-state index in [4.69, 9.17) is 4.52 Å². The first kappa shape index (κ1) is 17.0. The fourth-order valence-corrected chi connectivity index (χ4v) is 5.39. The molecular weight excluding hydrogens is 285 g/mol. The van der Waals surface area contributed by atoms with Gasteiger partial charge in [0.1, 0.15) is 0 Å². The van der Waals surface area contributed by atoms with E-state index in [9.17, 15) is 9.67 Å². The van der Waals surface area contributed by atoms with E-state index in [1.54, 1.807) is 5.82 Å². The first-order valence-electron chi connectivity index (χ1n) is 7.98. The van der Waals surface area contributed by atoms with Gasteiger partial charge in [-0.2, -0.15) is 0 Å². The van der Waals surface area contributed by atoms with E-state index in [2.05, 4.69) is 0 Å². The van der Waals surface area contributed by atoms with Crippen LogP contribution in [0.2, 0.25) is 0 Å². The number of nitrogens with zero attached hydrogens (tertiary/aromatic N) is 1. The van der Waals surface area contributed by atoms with Crippen LogP contribution in [-0.4, -0.2) is 34.1 Å². The Labute approximate surface area is 128 Å². The smallest absolute Gasteiger partial charge is 0.295 e. The van der Waals surface area contributed by atoms with Crippen molar-refractivity contribution >= 4 is 7.52 Å². The van der Waals surface area contributed by atoms with Gasteiger partial charge in [0.05, 0.1) is 11.7 Å². The second-order valence-corrected chi connectivity index (χ2v) is 8.66. The Morgan fingerprint density at radius 3 is 2.95 bits per heavy atom. The molecule has 120 valence electrons. The number of hydrogen-bond acceptors (Lipinski definition) is 3. The second-order valence-electron chi connectivity index (χ2n) is 6.51. The number of aliphatic hydroxyl groups is 1. The minimum absolute atomic E-state index is 0.0214. The highest BCUT2D eigenvalue weighted by Crippen LogP contribution is 2.57. The highest BCUT2D eigenvalue weighted by molar-refractivity contribution is 7.59. The third kappa shape index (κ3) is 4.29. The largest absolute Gasteiger partial charge is 0.385 e. The van der Waals surface area contributed by atoms with Crippen molar-refractivity contribution in [1.82, 2.24) is 4.67 Å². The molecule has 2 aliphatic rings. The lowest BCUT2D eigenvalue weighted by Crippen LogP contribution is -2.36. The SMILES string of the molecule is CC(C)N1CC[C@H](C)OP1(=O)/C=C/CC1(O)C=CCCC1. The molecule has 2 unspecified atom stereocenters. The Morgan fingerprint density at radius 1 is 1.57 bits per heavy atom. The van der Waals surface area contributed by atoms with E-state index in [1.165, 1.54) is 0 Å². The van der Waals surface area contributed by atoms with Crippen LogP contribution in [0.15, 0.2) is 24.0 Å². The zero-order chi connectivity index (χ0) is 15.5. The van der Waals surface area contributed by atoms with Gasteiger partial charge in [-0.1, -0.05) is 18.2 Å². The lowest BCUT2D eigenvalue weighted by molar-refractivity contribution is 0.0778. The van der Waals surface area contributed by atoms with E-state index in [0.717, 1.165) is 32.2 Å². The fraction of sp³-hybridized carbons (Fsp3) is 0.750. The predicted molar refractivity (Wildman–Crippen MR) is 86.3 cm³/mol. The summed E-state index contributed by atoms with van der Waals surface area (Å²) in [6.07, 6.45) is 9.97. The van der Waals surface area contributed by atoms with Crippen LogP contribution in [0.4, 0.5) is 0 Å². The van der Waals surface area contributed by atoms with Crippen LogP contribution in [0.5, 0.6) is 0 Å². The van der Waals surface area contributed by atoms with E-state index >= 15 is 0 Å². The normalized spacial score (nSPS) is 38.4. The Hall–Kier alpha value is -0.410. The molecule has 4 nitrogen and oxygen atoms in total. The Balaban J connectivity index is 2.07. The van der Waals surface area contributed by atoms with Crippen molar-refractivity contribution in [3.05, 3.63) is 24.0 Å². The van der Waals surface area contributed by atoms with E-state index in [-0.39, 0.29) is 12.1 Å². The van der Waals surface area contributed by atoms with Gasteiger partial charge < -0.3 is 9.63 Å². The third-order valence-electron chi connectivity index (χ3n) is 4.22. The van der Waals surface area contributed by atoms with Gasteiger partial charge in [-0.25, -0.2) is 4.67 Å². The van der Waals surface area contributed by atoms with Crippen molar-refractivity contribution in [2.75, 3.05) is 6.54 Å². The standard InChI is InChI=1S/C16H28NO3P/c1-14(2)17-12-8-15(3)20-21(17,19)13-7-11-16(18)9-5-4-6-10-16/h5,7,9,13-15,18H,4,6,8,10-12H2,1-3H3/b13-7+/t15-,16?,21?/m0/s1. The van der Waals surface area contributed by atoms with Gasteiger partial charge in [-0.15, -0.1) is 0 Å². The van der Waals surface area contributed by atoms with Gasteiger partial charge in [0.2, 0.25) is 0 Å². The minimum Gasteiger partial charge on any atom is -0.385 e. The van der Waals surface area contributed by atoms with Crippen LogP contribution in [0, 0.1) is 0 Å². The molecule has 5 heteroatoms. The van der Waals surface area contributed by atoms with Gasteiger partial charge in [0.25, 0.3) is 7.52 Å². The maximum Gasteiger partial charge on any atom is 0.295 e. The Kier molecular flexibility index (Phi) is 5.48. The molecule has 0 aromatic heterocycles. The van der Waals surface area contributed by atoms with E-state index in [1.807, 2.05) is 43.7 Å². The van der Waals surface area contributed by atoms with Crippen LogP contribution < -0.4 is 0 Å². The molecule has 1 aliphatic heterocycles. The molecule has 1 saturated heterocycles. The zero-order valence-electron chi connectivity index (χ0n) is 13.4. The average molecular weight is 313 g/mol. The summed E-state index contributed by atoms with van der Waals surface area (Å²) in [6, 6.07) is 0.186. The molecule has 1 heterocycles.